The first-order valence-corrected chi connectivity index (χ1v) is 6.75. The zero-order valence-corrected chi connectivity index (χ0v) is 11.2. The van der Waals surface area contributed by atoms with Crippen LogP contribution in [0.4, 0.5) is 5.69 Å². The van der Waals surface area contributed by atoms with Crippen molar-refractivity contribution in [3.05, 3.63) is 28.8 Å². The molecule has 1 aromatic rings. The van der Waals surface area contributed by atoms with Crippen molar-refractivity contribution >= 4 is 17.3 Å². The van der Waals surface area contributed by atoms with Gasteiger partial charge >= 0.3 is 0 Å². The summed E-state index contributed by atoms with van der Waals surface area (Å²) in [4.78, 5) is 2.40. The maximum Gasteiger partial charge on any atom is 0.0762 e. The minimum Gasteiger partial charge on any atom is -0.389 e. The van der Waals surface area contributed by atoms with Gasteiger partial charge in [-0.3, -0.25) is 0 Å². The molecule has 3 heteroatoms. The Balaban J connectivity index is 2.27. The van der Waals surface area contributed by atoms with Crippen LogP contribution in [0.3, 0.4) is 0 Å². The Morgan fingerprint density at radius 2 is 2.29 bits per heavy atom. The van der Waals surface area contributed by atoms with Gasteiger partial charge in [-0.2, -0.15) is 0 Å². The second-order valence-electron chi connectivity index (χ2n) is 4.78. The standard InChI is InChI=1S/C14H20ClNO/c1-3-12-5-4-8-16(12)14-7-6-11(10(2)17)9-13(14)15/h6-7,9-10,12,17H,3-5,8H2,1-2H3. The van der Waals surface area contributed by atoms with Crippen molar-refractivity contribution in [1.29, 1.82) is 0 Å². The van der Waals surface area contributed by atoms with Crippen LogP contribution in [0.5, 0.6) is 0 Å². The van der Waals surface area contributed by atoms with Gasteiger partial charge in [0, 0.05) is 12.6 Å². The first kappa shape index (κ1) is 12.7. The van der Waals surface area contributed by atoms with E-state index in [9.17, 15) is 5.11 Å². The molecule has 0 amide bonds. The molecule has 1 N–H and O–H groups in total. The number of anilines is 1. The van der Waals surface area contributed by atoms with Crippen molar-refractivity contribution in [2.24, 2.45) is 0 Å². The van der Waals surface area contributed by atoms with Crippen molar-refractivity contribution < 1.29 is 5.11 Å². The minimum absolute atomic E-state index is 0.456. The molecule has 1 saturated heterocycles. The van der Waals surface area contributed by atoms with Gasteiger partial charge in [-0.25, -0.2) is 0 Å². The molecule has 1 heterocycles. The molecular formula is C14H20ClNO. The van der Waals surface area contributed by atoms with E-state index < -0.39 is 6.10 Å². The Hall–Kier alpha value is -0.730. The van der Waals surface area contributed by atoms with E-state index in [1.807, 2.05) is 18.2 Å². The van der Waals surface area contributed by atoms with Crippen molar-refractivity contribution in [3.63, 3.8) is 0 Å². The molecule has 17 heavy (non-hydrogen) atoms. The molecule has 94 valence electrons. The van der Waals surface area contributed by atoms with E-state index in [-0.39, 0.29) is 0 Å². The van der Waals surface area contributed by atoms with Crippen LogP contribution in [0.15, 0.2) is 18.2 Å². The number of hydrogen-bond acceptors (Lipinski definition) is 2. The van der Waals surface area contributed by atoms with E-state index in [1.165, 1.54) is 12.8 Å². The van der Waals surface area contributed by atoms with E-state index in [1.54, 1.807) is 6.92 Å². The van der Waals surface area contributed by atoms with E-state index in [0.717, 1.165) is 29.2 Å². The third-order valence-corrected chi connectivity index (χ3v) is 3.91. The van der Waals surface area contributed by atoms with Crippen molar-refractivity contribution in [2.75, 3.05) is 11.4 Å². The highest BCUT2D eigenvalue weighted by atomic mass is 35.5. The predicted molar refractivity (Wildman–Crippen MR) is 72.7 cm³/mol. The zero-order valence-electron chi connectivity index (χ0n) is 10.5. The van der Waals surface area contributed by atoms with Crippen LogP contribution in [-0.2, 0) is 0 Å². The topological polar surface area (TPSA) is 23.5 Å². The van der Waals surface area contributed by atoms with E-state index in [4.69, 9.17) is 11.6 Å². The fraction of sp³-hybridized carbons (Fsp3) is 0.571. The Kier molecular flexibility index (Phi) is 3.95. The number of rotatable bonds is 3. The normalized spacial score (nSPS) is 21.9. The lowest BCUT2D eigenvalue weighted by Crippen LogP contribution is -2.28. The lowest BCUT2D eigenvalue weighted by Gasteiger charge is -2.27. The summed E-state index contributed by atoms with van der Waals surface area (Å²) in [6.45, 7) is 5.07. The molecule has 0 aliphatic carbocycles. The molecule has 2 unspecified atom stereocenters. The van der Waals surface area contributed by atoms with Crippen LogP contribution < -0.4 is 4.90 Å². The lowest BCUT2D eigenvalue weighted by molar-refractivity contribution is 0.199. The fourth-order valence-corrected chi connectivity index (χ4v) is 2.89. The van der Waals surface area contributed by atoms with Gasteiger partial charge in [0.05, 0.1) is 16.8 Å². The Labute approximate surface area is 108 Å². The van der Waals surface area contributed by atoms with Crippen LogP contribution >= 0.6 is 11.6 Å². The molecule has 1 aromatic carbocycles. The molecule has 0 aromatic heterocycles. The molecule has 0 saturated carbocycles. The molecule has 2 atom stereocenters. The van der Waals surface area contributed by atoms with Gasteiger partial charge in [0.15, 0.2) is 0 Å². The molecule has 2 nitrogen and oxygen atoms in total. The summed E-state index contributed by atoms with van der Waals surface area (Å²) in [5.74, 6) is 0. The molecule has 1 fully saturated rings. The van der Waals surface area contributed by atoms with Crippen molar-refractivity contribution in [1.82, 2.24) is 0 Å². The summed E-state index contributed by atoms with van der Waals surface area (Å²) in [7, 11) is 0. The van der Waals surface area contributed by atoms with Crippen LogP contribution in [0, 0.1) is 0 Å². The van der Waals surface area contributed by atoms with Crippen LogP contribution in [-0.4, -0.2) is 17.7 Å². The second-order valence-corrected chi connectivity index (χ2v) is 5.19. The van der Waals surface area contributed by atoms with Gasteiger partial charge < -0.3 is 10.0 Å². The third kappa shape index (κ3) is 2.58. The van der Waals surface area contributed by atoms with E-state index >= 15 is 0 Å². The first-order chi connectivity index (χ1) is 8.13. The van der Waals surface area contributed by atoms with Gasteiger partial charge in [-0.1, -0.05) is 24.6 Å². The third-order valence-electron chi connectivity index (χ3n) is 3.61. The summed E-state index contributed by atoms with van der Waals surface area (Å²) in [6.07, 6.45) is 3.20. The van der Waals surface area contributed by atoms with Gasteiger partial charge in [0.2, 0.25) is 0 Å². The average Bonchev–Trinajstić information content (AvgIpc) is 2.76. The van der Waals surface area contributed by atoms with Gasteiger partial charge in [-0.15, -0.1) is 0 Å². The van der Waals surface area contributed by atoms with Crippen molar-refractivity contribution in [2.45, 2.75) is 45.3 Å². The summed E-state index contributed by atoms with van der Waals surface area (Å²) in [5.41, 5.74) is 1.99. The molecule has 0 spiro atoms. The molecular weight excluding hydrogens is 234 g/mol. The second kappa shape index (κ2) is 5.28. The number of benzene rings is 1. The summed E-state index contributed by atoms with van der Waals surface area (Å²) >= 11 is 6.32. The van der Waals surface area contributed by atoms with Crippen LogP contribution in [0.1, 0.15) is 44.8 Å². The molecule has 1 aliphatic heterocycles. The number of halogens is 1. The molecule has 0 radical (unpaired) electrons. The van der Waals surface area contributed by atoms with E-state index in [0.29, 0.717) is 6.04 Å². The van der Waals surface area contributed by atoms with E-state index in [2.05, 4.69) is 11.8 Å². The Bertz CT molecular complexity index is 392. The SMILES string of the molecule is CCC1CCCN1c1ccc(C(C)O)cc1Cl. The number of hydrogen-bond donors (Lipinski definition) is 1. The highest BCUT2D eigenvalue weighted by Crippen LogP contribution is 2.34. The summed E-state index contributed by atoms with van der Waals surface area (Å²) in [6, 6.07) is 6.51. The van der Waals surface area contributed by atoms with Crippen molar-refractivity contribution in [3.8, 4) is 0 Å². The number of aliphatic hydroxyl groups excluding tert-OH is 1. The quantitative estimate of drug-likeness (QED) is 0.886. The predicted octanol–water partition coefficient (Wildman–Crippen LogP) is 3.77. The maximum atomic E-state index is 9.53. The minimum atomic E-state index is -0.456. The van der Waals surface area contributed by atoms with Gasteiger partial charge in [0.1, 0.15) is 0 Å². The highest BCUT2D eigenvalue weighted by molar-refractivity contribution is 6.33. The first-order valence-electron chi connectivity index (χ1n) is 6.37. The fourth-order valence-electron chi connectivity index (χ4n) is 2.59. The smallest absolute Gasteiger partial charge is 0.0762 e. The Morgan fingerprint density at radius 1 is 1.53 bits per heavy atom. The summed E-state index contributed by atoms with van der Waals surface area (Å²) < 4.78 is 0. The van der Waals surface area contributed by atoms with Gasteiger partial charge in [-0.05, 0) is 43.9 Å². The highest BCUT2D eigenvalue weighted by Gasteiger charge is 2.24. The lowest BCUT2D eigenvalue weighted by atomic mass is 10.1. The summed E-state index contributed by atoms with van der Waals surface area (Å²) in [5, 5.41) is 10.3. The molecule has 1 aliphatic rings. The monoisotopic (exact) mass is 253 g/mol. The van der Waals surface area contributed by atoms with Crippen LogP contribution in [0.25, 0.3) is 0 Å². The molecule has 0 bridgehead atoms. The van der Waals surface area contributed by atoms with Gasteiger partial charge in [0.25, 0.3) is 0 Å². The largest absolute Gasteiger partial charge is 0.389 e. The number of nitrogens with zero attached hydrogens (tertiary/aromatic N) is 1. The molecule has 2 rings (SSSR count). The average molecular weight is 254 g/mol. The number of aliphatic hydroxyl groups is 1. The Morgan fingerprint density at radius 3 is 2.88 bits per heavy atom. The maximum absolute atomic E-state index is 9.53. The zero-order chi connectivity index (χ0) is 12.4. The van der Waals surface area contributed by atoms with Crippen LogP contribution in [0.2, 0.25) is 5.02 Å².